The molecule has 20 heavy (non-hydrogen) atoms. The van der Waals surface area contributed by atoms with Gasteiger partial charge in [0.2, 0.25) is 0 Å². The standard InChI is InChI=1S/C17H30O2Si/c1-2-3-13-20-16-11-9-14(10-12-16)17(18)19-15-7-5-4-6-8-15/h14-16H,2-13H2,1H3. The number of rotatable bonds is 6. The van der Waals surface area contributed by atoms with Gasteiger partial charge in [0.25, 0.3) is 0 Å². The molecule has 0 bridgehead atoms. The first-order valence-corrected chi connectivity index (χ1v) is 10.0. The molecule has 2 saturated carbocycles. The molecule has 0 saturated heterocycles. The van der Waals surface area contributed by atoms with Crippen molar-refractivity contribution >= 4 is 15.5 Å². The molecule has 2 fully saturated rings. The van der Waals surface area contributed by atoms with Crippen LogP contribution >= 0.6 is 0 Å². The van der Waals surface area contributed by atoms with Gasteiger partial charge in [-0.25, -0.2) is 0 Å². The van der Waals surface area contributed by atoms with Gasteiger partial charge in [-0.3, -0.25) is 4.79 Å². The van der Waals surface area contributed by atoms with Crippen molar-refractivity contribution < 1.29 is 9.53 Å². The van der Waals surface area contributed by atoms with Crippen LogP contribution in [0.5, 0.6) is 0 Å². The van der Waals surface area contributed by atoms with E-state index in [1.165, 1.54) is 51.0 Å². The van der Waals surface area contributed by atoms with Gasteiger partial charge in [-0.2, -0.15) is 0 Å². The summed E-state index contributed by atoms with van der Waals surface area (Å²) in [5.74, 6) is 0.330. The highest BCUT2D eigenvalue weighted by atomic mass is 28.2. The maximum absolute atomic E-state index is 12.2. The van der Waals surface area contributed by atoms with Crippen molar-refractivity contribution in [3.05, 3.63) is 0 Å². The minimum Gasteiger partial charge on any atom is -0.462 e. The van der Waals surface area contributed by atoms with Crippen molar-refractivity contribution in [3.63, 3.8) is 0 Å². The fourth-order valence-electron chi connectivity index (χ4n) is 3.46. The Labute approximate surface area is 126 Å². The maximum Gasteiger partial charge on any atom is 0.309 e. The van der Waals surface area contributed by atoms with Crippen LogP contribution < -0.4 is 0 Å². The third-order valence-electron chi connectivity index (χ3n) is 4.86. The van der Waals surface area contributed by atoms with Gasteiger partial charge in [-0.05, 0) is 44.1 Å². The molecular formula is C17H30O2Si. The van der Waals surface area contributed by atoms with Crippen LogP contribution in [0.25, 0.3) is 0 Å². The highest BCUT2D eigenvalue weighted by molar-refractivity contribution is 6.37. The van der Waals surface area contributed by atoms with Crippen molar-refractivity contribution in [1.29, 1.82) is 0 Å². The van der Waals surface area contributed by atoms with Crippen molar-refractivity contribution in [2.24, 2.45) is 5.92 Å². The summed E-state index contributed by atoms with van der Waals surface area (Å²) in [5, 5.41) is 0. The Hall–Kier alpha value is -0.313. The van der Waals surface area contributed by atoms with Crippen LogP contribution in [-0.4, -0.2) is 21.6 Å². The van der Waals surface area contributed by atoms with Gasteiger partial charge in [-0.15, -0.1) is 0 Å². The van der Waals surface area contributed by atoms with Gasteiger partial charge in [0.15, 0.2) is 0 Å². The number of unbranched alkanes of at least 4 members (excludes halogenated alkanes) is 1. The second-order valence-electron chi connectivity index (χ2n) is 6.55. The van der Waals surface area contributed by atoms with E-state index in [1.54, 1.807) is 0 Å². The Morgan fingerprint density at radius 2 is 1.75 bits per heavy atom. The number of ether oxygens (including phenoxy) is 1. The molecule has 2 aliphatic rings. The van der Waals surface area contributed by atoms with Gasteiger partial charge in [-0.1, -0.05) is 45.1 Å². The lowest BCUT2D eigenvalue weighted by Gasteiger charge is -2.29. The smallest absolute Gasteiger partial charge is 0.309 e. The molecule has 0 spiro atoms. The summed E-state index contributed by atoms with van der Waals surface area (Å²) in [5.41, 5.74) is 0.903. The molecule has 0 amide bonds. The van der Waals surface area contributed by atoms with Crippen molar-refractivity contribution in [2.45, 2.75) is 95.2 Å². The lowest BCUT2D eigenvalue weighted by Crippen LogP contribution is -2.28. The molecule has 3 heteroatoms. The Morgan fingerprint density at radius 1 is 1.05 bits per heavy atom. The lowest BCUT2D eigenvalue weighted by atomic mass is 9.88. The molecule has 2 rings (SSSR count). The van der Waals surface area contributed by atoms with Gasteiger partial charge in [0, 0.05) is 9.52 Å². The minimum atomic E-state index is 0.118. The second-order valence-corrected chi connectivity index (χ2v) is 8.28. The third-order valence-corrected chi connectivity index (χ3v) is 6.66. The van der Waals surface area contributed by atoms with E-state index in [9.17, 15) is 4.79 Å². The Kier molecular flexibility index (Phi) is 7.12. The van der Waals surface area contributed by atoms with Gasteiger partial charge < -0.3 is 4.74 Å². The van der Waals surface area contributed by atoms with Crippen LogP contribution in [0.2, 0.25) is 11.6 Å². The molecule has 0 atom stereocenters. The molecule has 0 aromatic heterocycles. The summed E-state index contributed by atoms with van der Waals surface area (Å²) in [7, 11) is 1.12. The molecule has 114 valence electrons. The van der Waals surface area contributed by atoms with E-state index in [4.69, 9.17) is 4.74 Å². The average molecular weight is 295 g/mol. The van der Waals surface area contributed by atoms with Crippen LogP contribution in [0.1, 0.15) is 77.6 Å². The summed E-state index contributed by atoms with van der Waals surface area (Å²) in [6.45, 7) is 2.27. The number of hydrogen-bond donors (Lipinski definition) is 0. The highest BCUT2D eigenvalue weighted by Gasteiger charge is 2.29. The average Bonchev–Trinajstić information content (AvgIpc) is 2.49. The van der Waals surface area contributed by atoms with Crippen molar-refractivity contribution in [1.82, 2.24) is 0 Å². The Bertz CT molecular complexity index is 279. The Balaban J connectivity index is 1.63. The fraction of sp³-hybridized carbons (Fsp3) is 0.941. The summed E-state index contributed by atoms with van der Waals surface area (Å²) in [6.07, 6.45) is 13.6. The van der Waals surface area contributed by atoms with E-state index in [1.807, 2.05) is 0 Å². The molecule has 2 nitrogen and oxygen atoms in total. The molecule has 0 aliphatic heterocycles. The Morgan fingerprint density at radius 3 is 2.40 bits per heavy atom. The quantitative estimate of drug-likeness (QED) is 0.401. The largest absolute Gasteiger partial charge is 0.462 e. The second kappa shape index (κ2) is 8.86. The van der Waals surface area contributed by atoms with Crippen molar-refractivity contribution in [2.75, 3.05) is 0 Å². The van der Waals surface area contributed by atoms with Crippen LogP contribution in [0.3, 0.4) is 0 Å². The fourth-order valence-corrected chi connectivity index (χ4v) is 5.17. The SMILES string of the molecule is CCCC[Si]C1CCC(C(=O)OC2CCCCC2)CC1. The van der Waals surface area contributed by atoms with Crippen LogP contribution in [0.4, 0.5) is 0 Å². The van der Waals surface area contributed by atoms with E-state index in [0.29, 0.717) is 0 Å². The number of carbonyl (C=O) groups excluding carboxylic acids is 1. The number of carbonyl (C=O) groups is 1. The minimum absolute atomic E-state index is 0.118. The first kappa shape index (κ1) is 16.1. The molecule has 0 aromatic rings. The first-order valence-electron chi connectivity index (χ1n) is 8.73. The number of hydrogen-bond acceptors (Lipinski definition) is 2. The summed E-state index contributed by atoms with van der Waals surface area (Å²) in [4.78, 5) is 12.2. The lowest BCUT2D eigenvalue weighted by molar-refractivity contribution is -0.156. The molecule has 2 aliphatic carbocycles. The van der Waals surface area contributed by atoms with E-state index in [2.05, 4.69) is 6.92 Å². The molecule has 0 aromatic carbocycles. The zero-order chi connectivity index (χ0) is 14.2. The van der Waals surface area contributed by atoms with E-state index in [-0.39, 0.29) is 18.0 Å². The maximum atomic E-state index is 12.2. The molecule has 2 radical (unpaired) electrons. The van der Waals surface area contributed by atoms with Crippen molar-refractivity contribution in [3.8, 4) is 0 Å². The van der Waals surface area contributed by atoms with Crippen LogP contribution in [0, 0.1) is 5.92 Å². The van der Waals surface area contributed by atoms with E-state index < -0.39 is 0 Å². The monoisotopic (exact) mass is 294 g/mol. The van der Waals surface area contributed by atoms with Gasteiger partial charge >= 0.3 is 5.97 Å². The molecular weight excluding hydrogens is 264 g/mol. The molecule has 0 N–H and O–H groups in total. The molecule has 0 unspecified atom stereocenters. The first-order chi connectivity index (χ1) is 9.79. The predicted molar refractivity (Wildman–Crippen MR) is 84.1 cm³/mol. The topological polar surface area (TPSA) is 26.3 Å². The van der Waals surface area contributed by atoms with Gasteiger partial charge in [0.1, 0.15) is 6.10 Å². The van der Waals surface area contributed by atoms with E-state index >= 15 is 0 Å². The number of esters is 1. The molecule has 0 heterocycles. The van der Waals surface area contributed by atoms with Gasteiger partial charge in [0.05, 0.1) is 5.92 Å². The third kappa shape index (κ3) is 5.23. The summed E-state index contributed by atoms with van der Waals surface area (Å²) in [6, 6.07) is 1.40. The summed E-state index contributed by atoms with van der Waals surface area (Å²) < 4.78 is 5.73. The predicted octanol–water partition coefficient (Wildman–Crippen LogP) is 4.76. The van der Waals surface area contributed by atoms with Crippen LogP contribution in [-0.2, 0) is 9.53 Å². The summed E-state index contributed by atoms with van der Waals surface area (Å²) >= 11 is 0. The highest BCUT2D eigenvalue weighted by Crippen LogP contribution is 2.34. The zero-order valence-electron chi connectivity index (χ0n) is 13.0. The van der Waals surface area contributed by atoms with E-state index in [0.717, 1.165) is 40.7 Å². The van der Waals surface area contributed by atoms with Crippen LogP contribution in [0.15, 0.2) is 0 Å². The normalized spacial score (nSPS) is 28.2. The zero-order valence-corrected chi connectivity index (χ0v) is 14.0.